The molecule has 0 amide bonds. The quantitative estimate of drug-likeness (QED) is 0.618. The first-order valence-corrected chi connectivity index (χ1v) is 10.7. The van der Waals surface area contributed by atoms with Crippen molar-refractivity contribution in [3.63, 3.8) is 0 Å². The Morgan fingerprint density at radius 2 is 1.83 bits per heavy atom. The Bertz CT molecular complexity index is 1140. The minimum atomic E-state index is -3.62. The maximum atomic E-state index is 12.7. The molecule has 1 N–H and O–H groups in total. The van der Waals surface area contributed by atoms with E-state index >= 15 is 0 Å². The van der Waals surface area contributed by atoms with Crippen LogP contribution >= 0.6 is 0 Å². The van der Waals surface area contributed by atoms with Crippen LogP contribution in [0.4, 0.5) is 5.95 Å². The molecule has 4 rings (SSSR count). The molecule has 3 aromatic rings. The lowest BCUT2D eigenvalue weighted by molar-refractivity contribution is 0.0525. The van der Waals surface area contributed by atoms with E-state index in [1.807, 2.05) is 29.2 Å². The van der Waals surface area contributed by atoms with E-state index in [0.717, 1.165) is 10.8 Å². The summed E-state index contributed by atoms with van der Waals surface area (Å²) in [5, 5.41) is 1.87. The first-order chi connectivity index (χ1) is 14.0. The van der Waals surface area contributed by atoms with Crippen LogP contribution in [0, 0.1) is 0 Å². The highest BCUT2D eigenvalue weighted by molar-refractivity contribution is 7.89. The number of hydrogen-bond acceptors (Lipinski definition) is 7. The topological polar surface area (TPSA) is 101 Å². The molecule has 0 aliphatic carbocycles. The van der Waals surface area contributed by atoms with Crippen LogP contribution in [-0.2, 0) is 14.8 Å². The van der Waals surface area contributed by atoms with Crippen molar-refractivity contribution in [3.8, 4) is 0 Å². The number of benzene rings is 2. The lowest BCUT2D eigenvalue weighted by Gasteiger charge is -2.39. The highest BCUT2D eigenvalue weighted by atomic mass is 32.2. The van der Waals surface area contributed by atoms with Gasteiger partial charge in [-0.2, -0.15) is 0 Å². The number of fused-ring (bicyclic) bond motifs is 1. The second-order valence-corrected chi connectivity index (χ2v) is 8.44. The van der Waals surface area contributed by atoms with Crippen molar-refractivity contribution in [1.29, 1.82) is 0 Å². The largest absolute Gasteiger partial charge is 0.462 e. The number of carbonyl (C=O) groups is 1. The van der Waals surface area contributed by atoms with Crippen LogP contribution < -0.4 is 9.62 Å². The number of carbonyl (C=O) groups excluding carboxylic acids is 1. The van der Waals surface area contributed by atoms with E-state index in [-0.39, 0.29) is 23.1 Å². The van der Waals surface area contributed by atoms with Gasteiger partial charge in [0.1, 0.15) is 0 Å². The van der Waals surface area contributed by atoms with E-state index in [1.54, 1.807) is 25.1 Å². The second kappa shape index (κ2) is 7.76. The van der Waals surface area contributed by atoms with Gasteiger partial charge in [-0.3, -0.25) is 0 Å². The lowest BCUT2D eigenvalue weighted by atomic mass is 10.1. The third-order valence-corrected chi connectivity index (χ3v) is 6.18. The van der Waals surface area contributed by atoms with E-state index in [1.165, 1.54) is 12.4 Å². The first-order valence-electron chi connectivity index (χ1n) is 9.21. The molecule has 1 aliphatic heterocycles. The minimum absolute atomic E-state index is 0.236. The Kier molecular flexibility index (Phi) is 5.16. The van der Waals surface area contributed by atoms with Gasteiger partial charge in [-0.15, -0.1) is 0 Å². The van der Waals surface area contributed by atoms with Crippen molar-refractivity contribution in [3.05, 3.63) is 60.4 Å². The van der Waals surface area contributed by atoms with Gasteiger partial charge in [0.25, 0.3) is 0 Å². The standard InChI is InChI=1S/C20H20N4O4S/c1-2-28-19(25)16-10-21-20(22-11-16)24-12-17(13-24)23-29(26,27)18-8-7-14-5-3-4-6-15(14)9-18/h3-11,17,23H,2,12-13H2,1H3. The summed E-state index contributed by atoms with van der Waals surface area (Å²) < 4.78 is 33.0. The SMILES string of the molecule is CCOC(=O)c1cnc(N2CC(NS(=O)(=O)c3ccc4ccccc4c3)C2)nc1. The highest BCUT2D eigenvalue weighted by Gasteiger charge is 2.32. The molecule has 150 valence electrons. The molecule has 1 saturated heterocycles. The lowest BCUT2D eigenvalue weighted by Crippen LogP contribution is -2.59. The number of nitrogens with zero attached hydrogens (tertiary/aromatic N) is 3. The normalized spacial score (nSPS) is 14.6. The van der Waals surface area contributed by atoms with E-state index in [4.69, 9.17) is 4.74 Å². The number of rotatable bonds is 6. The summed E-state index contributed by atoms with van der Waals surface area (Å²) in [4.78, 5) is 22.0. The summed E-state index contributed by atoms with van der Waals surface area (Å²) in [7, 11) is -3.62. The number of sulfonamides is 1. The van der Waals surface area contributed by atoms with Crippen molar-refractivity contribution >= 4 is 32.7 Å². The number of hydrogen-bond donors (Lipinski definition) is 1. The monoisotopic (exact) mass is 412 g/mol. The number of ether oxygens (including phenoxy) is 1. The van der Waals surface area contributed by atoms with Gasteiger partial charge >= 0.3 is 5.97 Å². The zero-order valence-electron chi connectivity index (χ0n) is 15.8. The molecule has 0 saturated carbocycles. The molecule has 2 aromatic carbocycles. The summed E-state index contributed by atoms with van der Waals surface area (Å²) in [5.74, 6) is -0.0251. The Morgan fingerprint density at radius 1 is 1.14 bits per heavy atom. The van der Waals surface area contributed by atoms with Gasteiger partial charge in [0.15, 0.2) is 0 Å². The fourth-order valence-corrected chi connectivity index (χ4v) is 4.40. The Hall–Kier alpha value is -3.04. The molecule has 8 nitrogen and oxygen atoms in total. The molecule has 1 aliphatic rings. The zero-order valence-corrected chi connectivity index (χ0v) is 16.6. The van der Waals surface area contributed by atoms with Crippen LogP contribution in [0.1, 0.15) is 17.3 Å². The van der Waals surface area contributed by atoms with Gasteiger partial charge in [0.2, 0.25) is 16.0 Å². The Morgan fingerprint density at radius 3 is 2.52 bits per heavy atom. The van der Waals surface area contributed by atoms with E-state index in [0.29, 0.717) is 19.0 Å². The van der Waals surface area contributed by atoms with Crippen LogP contribution in [0.15, 0.2) is 59.8 Å². The predicted octanol–water partition coefficient (Wildman–Crippen LogP) is 1.97. The second-order valence-electron chi connectivity index (χ2n) is 6.72. The molecule has 0 atom stereocenters. The van der Waals surface area contributed by atoms with Gasteiger partial charge < -0.3 is 9.64 Å². The van der Waals surface area contributed by atoms with Gasteiger partial charge in [-0.05, 0) is 29.8 Å². The summed E-state index contributed by atoms with van der Waals surface area (Å²) >= 11 is 0. The Labute approximate surface area is 168 Å². The van der Waals surface area contributed by atoms with Crippen molar-refractivity contribution in [2.75, 3.05) is 24.6 Å². The third kappa shape index (κ3) is 4.06. The van der Waals surface area contributed by atoms with Gasteiger partial charge in [-0.25, -0.2) is 27.9 Å². The molecule has 0 spiro atoms. The molecule has 0 radical (unpaired) electrons. The average Bonchev–Trinajstić information content (AvgIpc) is 2.70. The van der Waals surface area contributed by atoms with Crippen molar-refractivity contribution in [1.82, 2.24) is 14.7 Å². The van der Waals surface area contributed by atoms with E-state index in [2.05, 4.69) is 14.7 Å². The van der Waals surface area contributed by atoms with Crippen LogP contribution in [-0.4, -0.2) is 50.1 Å². The summed E-state index contributed by atoms with van der Waals surface area (Å²) in [6, 6.07) is 12.5. The predicted molar refractivity (Wildman–Crippen MR) is 108 cm³/mol. The molecule has 1 aromatic heterocycles. The molecule has 0 bridgehead atoms. The van der Waals surface area contributed by atoms with E-state index < -0.39 is 16.0 Å². The first kappa shape index (κ1) is 19.3. The number of aromatic nitrogens is 2. The Balaban J connectivity index is 1.39. The highest BCUT2D eigenvalue weighted by Crippen LogP contribution is 2.21. The summed E-state index contributed by atoms with van der Waals surface area (Å²) in [6.45, 7) is 2.91. The summed E-state index contributed by atoms with van der Waals surface area (Å²) in [6.07, 6.45) is 2.82. The molecule has 9 heteroatoms. The smallest absolute Gasteiger partial charge is 0.341 e. The molecule has 29 heavy (non-hydrogen) atoms. The van der Waals surface area contributed by atoms with Crippen molar-refractivity contribution < 1.29 is 17.9 Å². The molecule has 0 unspecified atom stereocenters. The average molecular weight is 412 g/mol. The van der Waals surface area contributed by atoms with Gasteiger partial charge in [0, 0.05) is 25.5 Å². The molecule has 1 fully saturated rings. The van der Waals surface area contributed by atoms with Crippen LogP contribution in [0.5, 0.6) is 0 Å². The van der Waals surface area contributed by atoms with Crippen molar-refractivity contribution in [2.45, 2.75) is 17.9 Å². The molecular formula is C20H20N4O4S. The fraction of sp³-hybridized carbons (Fsp3) is 0.250. The number of anilines is 1. The zero-order chi connectivity index (χ0) is 20.4. The van der Waals surface area contributed by atoms with Gasteiger partial charge in [0.05, 0.1) is 23.1 Å². The maximum absolute atomic E-state index is 12.7. The fourth-order valence-electron chi connectivity index (χ4n) is 3.14. The third-order valence-electron chi connectivity index (χ3n) is 4.67. The van der Waals surface area contributed by atoms with Crippen LogP contribution in [0.2, 0.25) is 0 Å². The van der Waals surface area contributed by atoms with Crippen molar-refractivity contribution in [2.24, 2.45) is 0 Å². The minimum Gasteiger partial charge on any atom is -0.462 e. The summed E-state index contributed by atoms with van der Waals surface area (Å²) in [5.41, 5.74) is 0.282. The van der Waals surface area contributed by atoms with Gasteiger partial charge in [-0.1, -0.05) is 30.3 Å². The van der Waals surface area contributed by atoms with Crippen LogP contribution in [0.25, 0.3) is 10.8 Å². The van der Waals surface area contributed by atoms with Crippen LogP contribution in [0.3, 0.4) is 0 Å². The number of esters is 1. The molecule has 2 heterocycles. The van der Waals surface area contributed by atoms with E-state index in [9.17, 15) is 13.2 Å². The molecular weight excluding hydrogens is 392 g/mol. The number of nitrogens with one attached hydrogen (secondary N) is 1. The maximum Gasteiger partial charge on any atom is 0.341 e.